The molecule has 5 rings (SSSR count). The van der Waals surface area contributed by atoms with Gasteiger partial charge in [-0.2, -0.15) is 13.2 Å². The van der Waals surface area contributed by atoms with Gasteiger partial charge >= 0.3 is 6.18 Å². The number of nitrogens with one attached hydrogen (secondary N) is 1. The fraction of sp³-hybridized carbons (Fsp3) is 0.385. The zero-order valence-corrected chi connectivity index (χ0v) is 17.5. The van der Waals surface area contributed by atoms with Crippen molar-refractivity contribution < 1.29 is 13.2 Å². The van der Waals surface area contributed by atoms with Crippen LogP contribution >= 0.6 is 0 Å². The van der Waals surface area contributed by atoms with Crippen molar-refractivity contribution >= 4 is 16.5 Å². The van der Waals surface area contributed by atoms with Crippen LogP contribution < -0.4 is 0 Å². The first kappa shape index (κ1) is 20.4. The normalized spacial score (nSPS) is 20.0. The zero-order chi connectivity index (χ0) is 21.4. The van der Waals surface area contributed by atoms with Gasteiger partial charge in [0.15, 0.2) is 0 Å². The van der Waals surface area contributed by atoms with Crippen molar-refractivity contribution in [2.75, 3.05) is 19.6 Å². The second-order valence-corrected chi connectivity index (χ2v) is 8.88. The van der Waals surface area contributed by atoms with Crippen LogP contribution in [0.3, 0.4) is 0 Å². The van der Waals surface area contributed by atoms with Crippen molar-refractivity contribution in [2.24, 2.45) is 5.92 Å². The van der Waals surface area contributed by atoms with Crippen LogP contribution in [0, 0.1) is 5.92 Å². The van der Waals surface area contributed by atoms with Gasteiger partial charge in [0.25, 0.3) is 0 Å². The van der Waals surface area contributed by atoms with Gasteiger partial charge in [0.2, 0.25) is 0 Å². The van der Waals surface area contributed by atoms with Gasteiger partial charge in [0.05, 0.1) is 5.56 Å². The Morgan fingerprint density at radius 3 is 2.61 bits per heavy atom. The van der Waals surface area contributed by atoms with E-state index in [0.29, 0.717) is 11.4 Å². The molecule has 31 heavy (non-hydrogen) atoms. The van der Waals surface area contributed by atoms with E-state index in [1.807, 2.05) is 0 Å². The summed E-state index contributed by atoms with van der Waals surface area (Å²) in [6.07, 6.45) is 3.27. The number of aryl methyl sites for hydroxylation is 1. The molecule has 0 saturated heterocycles. The Kier molecular flexibility index (Phi) is 5.39. The van der Waals surface area contributed by atoms with Crippen molar-refractivity contribution in [3.05, 3.63) is 77.0 Å². The van der Waals surface area contributed by atoms with Gasteiger partial charge in [-0.15, -0.1) is 0 Å². The summed E-state index contributed by atoms with van der Waals surface area (Å²) < 4.78 is 39.1. The molecule has 0 bridgehead atoms. The molecule has 2 aliphatic rings. The Morgan fingerprint density at radius 2 is 1.87 bits per heavy atom. The summed E-state index contributed by atoms with van der Waals surface area (Å²) in [5.74, 6) is 0.591. The molecule has 0 radical (unpaired) electrons. The van der Waals surface area contributed by atoms with E-state index in [4.69, 9.17) is 0 Å². The molecule has 2 heterocycles. The van der Waals surface area contributed by atoms with Crippen LogP contribution in [-0.2, 0) is 19.0 Å². The van der Waals surface area contributed by atoms with Gasteiger partial charge in [-0.1, -0.05) is 42.5 Å². The SMILES string of the molecule is FC(F)(F)c1ccc2c3c([nH]c2c1)CCC(CCN1CC=C(c2ccccc2)CC1)C3. The number of fused-ring (bicyclic) bond motifs is 3. The molecule has 2 aromatic carbocycles. The summed E-state index contributed by atoms with van der Waals surface area (Å²) >= 11 is 0. The molecule has 0 spiro atoms. The second kappa shape index (κ2) is 8.19. The molecule has 5 heteroatoms. The highest BCUT2D eigenvalue weighted by molar-refractivity contribution is 5.85. The van der Waals surface area contributed by atoms with Gasteiger partial charge in [-0.25, -0.2) is 0 Å². The number of benzene rings is 2. The third-order valence-corrected chi connectivity index (χ3v) is 6.91. The van der Waals surface area contributed by atoms with Crippen LogP contribution in [0.5, 0.6) is 0 Å². The van der Waals surface area contributed by atoms with E-state index >= 15 is 0 Å². The average Bonchev–Trinajstić information content (AvgIpc) is 3.15. The largest absolute Gasteiger partial charge is 0.416 e. The van der Waals surface area contributed by atoms with Crippen LogP contribution in [0.2, 0.25) is 0 Å². The van der Waals surface area contributed by atoms with E-state index in [1.165, 1.54) is 28.8 Å². The molecule has 1 N–H and O–H groups in total. The van der Waals surface area contributed by atoms with Crippen molar-refractivity contribution in [3.63, 3.8) is 0 Å². The Hall–Kier alpha value is -2.53. The molecular weight excluding hydrogens is 397 g/mol. The van der Waals surface area contributed by atoms with E-state index in [-0.39, 0.29) is 0 Å². The van der Waals surface area contributed by atoms with E-state index in [0.717, 1.165) is 62.8 Å². The lowest BCUT2D eigenvalue weighted by Crippen LogP contribution is -2.31. The average molecular weight is 425 g/mol. The molecular formula is C26H27F3N2. The molecule has 0 fully saturated rings. The molecule has 162 valence electrons. The van der Waals surface area contributed by atoms with Gasteiger partial charge in [0, 0.05) is 29.7 Å². The molecule has 3 aromatic rings. The van der Waals surface area contributed by atoms with Crippen LogP contribution in [0.1, 0.15) is 41.6 Å². The second-order valence-electron chi connectivity index (χ2n) is 8.88. The van der Waals surface area contributed by atoms with Crippen LogP contribution in [0.15, 0.2) is 54.6 Å². The maximum atomic E-state index is 13.0. The Morgan fingerprint density at radius 1 is 1.03 bits per heavy atom. The minimum absolute atomic E-state index is 0.580. The van der Waals surface area contributed by atoms with E-state index in [1.54, 1.807) is 6.07 Å². The first-order chi connectivity index (χ1) is 15.0. The van der Waals surface area contributed by atoms with E-state index in [9.17, 15) is 13.2 Å². The predicted molar refractivity (Wildman–Crippen MR) is 119 cm³/mol. The number of halogens is 3. The number of alkyl halides is 3. The standard InChI is InChI=1S/C26H27F3N2/c27-26(28,29)21-7-8-22-23-16-18(6-9-24(23)30-25(22)17-21)10-13-31-14-11-20(12-15-31)19-4-2-1-3-5-19/h1-5,7-8,11,17-18,30H,6,9-10,12-16H2. The van der Waals surface area contributed by atoms with Gasteiger partial charge in [-0.05, 0) is 73.4 Å². The summed E-state index contributed by atoms with van der Waals surface area (Å²) in [7, 11) is 0. The van der Waals surface area contributed by atoms with Gasteiger partial charge < -0.3 is 4.98 Å². The van der Waals surface area contributed by atoms with Crippen LogP contribution in [-0.4, -0.2) is 29.5 Å². The first-order valence-electron chi connectivity index (χ1n) is 11.1. The minimum atomic E-state index is -4.30. The predicted octanol–water partition coefficient (Wildman–Crippen LogP) is 6.47. The fourth-order valence-corrected chi connectivity index (χ4v) is 5.11. The monoisotopic (exact) mass is 424 g/mol. The summed E-state index contributed by atoms with van der Waals surface area (Å²) in [6, 6.07) is 14.7. The number of H-pyrrole nitrogens is 1. The summed E-state index contributed by atoms with van der Waals surface area (Å²) in [5.41, 5.74) is 5.16. The molecule has 0 saturated carbocycles. The number of hydrogen-bond donors (Lipinski definition) is 1. The van der Waals surface area contributed by atoms with Crippen LogP contribution in [0.4, 0.5) is 13.2 Å². The van der Waals surface area contributed by atoms with Crippen LogP contribution in [0.25, 0.3) is 16.5 Å². The number of nitrogens with zero attached hydrogens (tertiary/aromatic N) is 1. The van der Waals surface area contributed by atoms with Gasteiger partial charge in [-0.3, -0.25) is 4.90 Å². The quantitative estimate of drug-likeness (QED) is 0.508. The molecule has 2 nitrogen and oxygen atoms in total. The number of hydrogen-bond acceptors (Lipinski definition) is 1. The molecule has 1 aromatic heterocycles. The molecule has 1 atom stereocenters. The lowest BCUT2D eigenvalue weighted by molar-refractivity contribution is -0.137. The van der Waals surface area contributed by atoms with E-state index < -0.39 is 11.7 Å². The molecule has 1 aliphatic carbocycles. The topological polar surface area (TPSA) is 19.0 Å². The highest BCUT2D eigenvalue weighted by Crippen LogP contribution is 2.36. The van der Waals surface area contributed by atoms with Crippen molar-refractivity contribution in [2.45, 2.75) is 38.3 Å². The third kappa shape index (κ3) is 4.29. The van der Waals surface area contributed by atoms with Crippen molar-refractivity contribution in [1.29, 1.82) is 0 Å². The maximum Gasteiger partial charge on any atom is 0.416 e. The molecule has 0 amide bonds. The molecule has 1 aliphatic heterocycles. The van der Waals surface area contributed by atoms with E-state index in [2.05, 4.69) is 46.3 Å². The lowest BCUT2D eigenvalue weighted by Gasteiger charge is -2.29. The summed E-state index contributed by atoms with van der Waals surface area (Å²) in [6.45, 7) is 3.17. The Labute approximate surface area is 180 Å². The van der Waals surface area contributed by atoms with Crippen molar-refractivity contribution in [1.82, 2.24) is 9.88 Å². The highest BCUT2D eigenvalue weighted by atomic mass is 19.4. The highest BCUT2D eigenvalue weighted by Gasteiger charge is 2.31. The first-order valence-corrected chi connectivity index (χ1v) is 11.1. The number of aromatic nitrogens is 1. The molecule has 1 unspecified atom stereocenters. The lowest BCUT2D eigenvalue weighted by atomic mass is 9.84. The smallest absolute Gasteiger partial charge is 0.358 e. The van der Waals surface area contributed by atoms with Gasteiger partial charge in [0.1, 0.15) is 0 Å². The number of rotatable bonds is 4. The summed E-state index contributed by atoms with van der Waals surface area (Å²) in [4.78, 5) is 5.78. The zero-order valence-electron chi connectivity index (χ0n) is 17.5. The Balaban J connectivity index is 1.21. The summed E-state index contributed by atoms with van der Waals surface area (Å²) in [5, 5.41) is 0.959. The fourth-order valence-electron chi connectivity index (χ4n) is 5.11. The maximum absolute atomic E-state index is 13.0. The third-order valence-electron chi connectivity index (χ3n) is 6.91. The minimum Gasteiger partial charge on any atom is -0.358 e. The number of aromatic amines is 1. The Bertz CT molecular complexity index is 1100. The van der Waals surface area contributed by atoms with Crippen molar-refractivity contribution in [3.8, 4) is 0 Å².